The number of aryl methyl sites for hydroxylation is 1. The van der Waals surface area contributed by atoms with Crippen LogP contribution in [0.3, 0.4) is 0 Å². The molecule has 2 heterocycles. The fourth-order valence-electron chi connectivity index (χ4n) is 2.13. The van der Waals surface area contributed by atoms with Crippen molar-refractivity contribution in [2.75, 3.05) is 13.1 Å². The van der Waals surface area contributed by atoms with Crippen LogP contribution in [-0.4, -0.2) is 33.8 Å². The van der Waals surface area contributed by atoms with Gasteiger partial charge in [0.05, 0.1) is 5.69 Å². The molecule has 84 valence electrons. The second-order valence-corrected chi connectivity index (χ2v) is 4.30. The van der Waals surface area contributed by atoms with E-state index in [0.29, 0.717) is 6.04 Å². The predicted octanol–water partition coefficient (Wildman–Crippen LogP) is 0.826. The van der Waals surface area contributed by atoms with Gasteiger partial charge in [-0.15, -0.1) is 0 Å². The van der Waals surface area contributed by atoms with Crippen molar-refractivity contribution in [3.8, 4) is 0 Å². The molecule has 0 aromatic carbocycles. The zero-order valence-corrected chi connectivity index (χ0v) is 9.39. The molecule has 1 aliphatic heterocycles. The van der Waals surface area contributed by atoms with Crippen molar-refractivity contribution in [1.29, 1.82) is 0 Å². The van der Waals surface area contributed by atoms with Crippen LogP contribution in [0.5, 0.6) is 0 Å². The molecule has 1 fully saturated rings. The first-order valence-electron chi connectivity index (χ1n) is 5.78. The Morgan fingerprint density at radius 2 is 2.47 bits per heavy atom. The van der Waals surface area contributed by atoms with Crippen LogP contribution in [0.4, 0.5) is 0 Å². The molecule has 0 spiro atoms. The van der Waals surface area contributed by atoms with Crippen molar-refractivity contribution >= 4 is 0 Å². The van der Waals surface area contributed by atoms with E-state index in [0.717, 1.165) is 31.9 Å². The highest BCUT2D eigenvalue weighted by Gasteiger charge is 2.17. The molecule has 0 amide bonds. The number of nitrogens with two attached hydrogens (primary N) is 1. The van der Waals surface area contributed by atoms with Crippen molar-refractivity contribution in [1.82, 2.24) is 14.7 Å². The van der Waals surface area contributed by atoms with Crippen LogP contribution >= 0.6 is 0 Å². The lowest BCUT2D eigenvalue weighted by Crippen LogP contribution is -2.42. The van der Waals surface area contributed by atoms with Gasteiger partial charge in [-0.2, -0.15) is 5.10 Å². The van der Waals surface area contributed by atoms with E-state index < -0.39 is 0 Å². The molecule has 15 heavy (non-hydrogen) atoms. The van der Waals surface area contributed by atoms with Gasteiger partial charge in [-0.1, -0.05) is 0 Å². The lowest BCUT2D eigenvalue weighted by atomic mass is 10.1. The van der Waals surface area contributed by atoms with Gasteiger partial charge in [0.15, 0.2) is 0 Å². The Morgan fingerprint density at radius 1 is 1.60 bits per heavy atom. The van der Waals surface area contributed by atoms with E-state index in [9.17, 15) is 0 Å². The maximum absolute atomic E-state index is 5.94. The van der Waals surface area contributed by atoms with Crippen LogP contribution in [0.15, 0.2) is 12.3 Å². The summed E-state index contributed by atoms with van der Waals surface area (Å²) in [5, 5.41) is 4.48. The predicted molar refractivity (Wildman–Crippen MR) is 60.4 cm³/mol. The first-order valence-corrected chi connectivity index (χ1v) is 5.78. The minimum Gasteiger partial charge on any atom is -0.327 e. The van der Waals surface area contributed by atoms with Crippen molar-refractivity contribution in [2.45, 2.75) is 38.9 Å². The second kappa shape index (κ2) is 4.77. The monoisotopic (exact) mass is 208 g/mol. The number of hydrogen-bond acceptors (Lipinski definition) is 3. The highest BCUT2D eigenvalue weighted by molar-refractivity contribution is 4.99. The number of hydrogen-bond donors (Lipinski definition) is 1. The normalized spacial score (nSPS) is 23.2. The molecule has 1 aromatic rings. The van der Waals surface area contributed by atoms with Crippen molar-refractivity contribution in [3.05, 3.63) is 18.0 Å². The summed E-state index contributed by atoms with van der Waals surface area (Å²) in [7, 11) is 0. The van der Waals surface area contributed by atoms with Gasteiger partial charge in [-0.25, -0.2) is 0 Å². The molecule has 2 N–H and O–H groups in total. The molecule has 1 saturated heterocycles. The van der Waals surface area contributed by atoms with Gasteiger partial charge < -0.3 is 5.73 Å². The number of aromatic nitrogens is 2. The SMILES string of the molecule is CCn1ccc(CN2CCC[C@@H](N)C2)n1. The molecule has 2 rings (SSSR count). The van der Waals surface area contributed by atoms with Gasteiger partial charge in [0.2, 0.25) is 0 Å². The Balaban J connectivity index is 1.90. The third-order valence-electron chi connectivity index (χ3n) is 2.95. The first kappa shape index (κ1) is 10.6. The molecular weight excluding hydrogens is 188 g/mol. The van der Waals surface area contributed by atoms with Crippen LogP contribution in [0.1, 0.15) is 25.5 Å². The van der Waals surface area contributed by atoms with Crippen molar-refractivity contribution < 1.29 is 0 Å². The third kappa shape index (κ3) is 2.79. The summed E-state index contributed by atoms with van der Waals surface area (Å²) in [6.45, 7) is 6.17. The minimum absolute atomic E-state index is 0.354. The molecule has 4 heteroatoms. The van der Waals surface area contributed by atoms with E-state index in [1.807, 2.05) is 10.9 Å². The second-order valence-electron chi connectivity index (χ2n) is 4.30. The summed E-state index contributed by atoms with van der Waals surface area (Å²) in [5.74, 6) is 0. The summed E-state index contributed by atoms with van der Waals surface area (Å²) in [6, 6.07) is 2.45. The van der Waals surface area contributed by atoms with Crippen LogP contribution in [0, 0.1) is 0 Å². The zero-order valence-electron chi connectivity index (χ0n) is 9.39. The fraction of sp³-hybridized carbons (Fsp3) is 0.727. The maximum Gasteiger partial charge on any atom is 0.0764 e. The van der Waals surface area contributed by atoms with Crippen LogP contribution < -0.4 is 5.73 Å². The van der Waals surface area contributed by atoms with Crippen molar-refractivity contribution in [3.63, 3.8) is 0 Å². The molecule has 1 aliphatic rings. The summed E-state index contributed by atoms with van der Waals surface area (Å²) in [6.07, 6.45) is 4.43. The average molecular weight is 208 g/mol. The highest BCUT2D eigenvalue weighted by atomic mass is 15.3. The Labute approximate surface area is 91.1 Å². The average Bonchev–Trinajstić information content (AvgIpc) is 2.65. The Bertz CT molecular complexity index is 307. The molecule has 1 aromatic heterocycles. The van der Waals surface area contributed by atoms with Gasteiger partial charge in [-0.05, 0) is 32.4 Å². The van der Waals surface area contributed by atoms with E-state index >= 15 is 0 Å². The standard InChI is InChI=1S/C11H20N4/c1-2-15-7-5-11(13-15)9-14-6-3-4-10(12)8-14/h5,7,10H,2-4,6,8-9,12H2,1H3/t10-/m1/s1. The summed E-state index contributed by atoms with van der Waals surface area (Å²) < 4.78 is 1.97. The van der Waals surface area contributed by atoms with Gasteiger partial charge in [0.1, 0.15) is 0 Å². The highest BCUT2D eigenvalue weighted by Crippen LogP contribution is 2.11. The smallest absolute Gasteiger partial charge is 0.0764 e. The van der Waals surface area contributed by atoms with Gasteiger partial charge in [0.25, 0.3) is 0 Å². The molecule has 1 atom stereocenters. The van der Waals surface area contributed by atoms with E-state index in [1.54, 1.807) is 0 Å². The van der Waals surface area contributed by atoms with Gasteiger partial charge in [0, 0.05) is 31.9 Å². The maximum atomic E-state index is 5.94. The number of rotatable bonds is 3. The third-order valence-corrected chi connectivity index (χ3v) is 2.95. The van der Waals surface area contributed by atoms with E-state index in [4.69, 9.17) is 5.73 Å². The summed E-state index contributed by atoms with van der Waals surface area (Å²) in [4.78, 5) is 2.40. The Morgan fingerprint density at radius 3 is 3.13 bits per heavy atom. The molecule has 0 aliphatic carbocycles. The number of likely N-dealkylation sites (tertiary alicyclic amines) is 1. The van der Waals surface area contributed by atoms with Gasteiger partial charge >= 0.3 is 0 Å². The van der Waals surface area contributed by atoms with Crippen molar-refractivity contribution in [2.24, 2.45) is 5.73 Å². The largest absolute Gasteiger partial charge is 0.327 e. The van der Waals surface area contributed by atoms with E-state index in [-0.39, 0.29) is 0 Å². The number of nitrogens with zero attached hydrogens (tertiary/aromatic N) is 3. The Hall–Kier alpha value is -0.870. The molecule has 0 bridgehead atoms. The Kier molecular flexibility index (Phi) is 3.38. The van der Waals surface area contributed by atoms with Crippen LogP contribution in [-0.2, 0) is 13.1 Å². The first-order chi connectivity index (χ1) is 7.28. The molecular formula is C11H20N4. The zero-order chi connectivity index (χ0) is 10.7. The molecule has 0 unspecified atom stereocenters. The molecule has 0 saturated carbocycles. The van der Waals surface area contributed by atoms with Gasteiger partial charge in [-0.3, -0.25) is 9.58 Å². The summed E-state index contributed by atoms with van der Waals surface area (Å²) in [5.41, 5.74) is 7.10. The van der Waals surface area contributed by atoms with Crippen LogP contribution in [0.25, 0.3) is 0 Å². The van der Waals surface area contributed by atoms with E-state index in [1.165, 1.54) is 12.8 Å². The minimum atomic E-state index is 0.354. The fourth-order valence-corrected chi connectivity index (χ4v) is 2.13. The lowest BCUT2D eigenvalue weighted by molar-refractivity contribution is 0.199. The lowest BCUT2D eigenvalue weighted by Gasteiger charge is -2.29. The van der Waals surface area contributed by atoms with E-state index in [2.05, 4.69) is 23.0 Å². The number of piperidine rings is 1. The summed E-state index contributed by atoms with van der Waals surface area (Å²) >= 11 is 0. The van der Waals surface area contributed by atoms with Crippen LogP contribution in [0.2, 0.25) is 0 Å². The molecule has 0 radical (unpaired) electrons. The molecule has 4 nitrogen and oxygen atoms in total. The topological polar surface area (TPSA) is 47.1 Å². The quantitative estimate of drug-likeness (QED) is 0.800.